The van der Waals surface area contributed by atoms with Crippen molar-refractivity contribution in [1.82, 2.24) is 31.9 Å². The summed E-state index contributed by atoms with van der Waals surface area (Å²) in [5.41, 5.74) is -0.814. The van der Waals surface area contributed by atoms with E-state index in [0.717, 1.165) is 25.7 Å². The molecule has 4 saturated carbocycles. The van der Waals surface area contributed by atoms with Crippen LogP contribution in [0.2, 0.25) is 0 Å². The molecule has 4 fully saturated rings. The fourth-order valence-electron chi connectivity index (χ4n) is 9.12. The van der Waals surface area contributed by atoms with Gasteiger partial charge in [-0.1, -0.05) is 51.4 Å². The third kappa shape index (κ3) is 14.8. The lowest BCUT2D eigenvalue weighted by Gasteiger charge is -2.36. The van der Waals surface area contributed by atoms with Crippen molar-refractivity contribution >= 4 is 41.6 Å². The fraction of sp³-hybridized carbons (Fsp3) is 0.829. The van der Waals surface area contributed by atoms with Gasteiger partial charge in [-0.15, -0.1) is 0 Å². The number of halogens is 3. The molecule has 4 rings (SSSR count). The zero-order valence-electron chi connectivity index (χ0n) is 34.8. The average molecular weight is 843 g/mol. The maximum atomic E-state index is 14.3. The second kappa shape index (κ2) is 21.4. The van der Waals surface area contributed by atoms with Crippen molar-refractivity contribution in [2.75, 3.05) is 0 Å². The number of carboxylic acid groups (broad SMARTS) is 1. The van der Waals surface area contributed by atoms with Crippen molar-refractivity contribution in [3.63, 3.8) is 0 Å². The lowest BCUT2D eigenvalue weighted by Crippen LogP contribution is -2.56. The van der Waals surface area contributed by atoms with Crippen molar-refractivity contribution in [1.29, 1.82) is 0 Å². The van der Waals surface area contributed by atoms with Crippen LogP contribution in [0.3, 0.4) is 0 Å². The molecule has 18 heteroatoms. The molecule has 0 saturated heterocycles. The van der Waals surface area contributed by atoms with E-state index in [2.05, 4.69) is 26.6 Å². The van der Waals surface area contributed by atoms with Gasteiger partial charge in [0.05, 0.1) is 30.1 Å². The summed E-state index contributed by atoms with van der Waals surface area (Å²) in [7, 11) is 0. The summed E-state index contributed by atoms with van der Waals surface area (Å²) in [6.07, 6.45) is 2.21. The molecule has 0 radical (unpaired) electrons. The number of ether oxygens (including phenoxy) is 1. The van der Waals surface area contributed by atoms with Crippen LogP contribution in [0.25, 0.3) is 0 Å². The molecule has 6 amide bonds. The third-order valence-corrected chi connectivity index (χ3v) is 12.1. The summed E-state index contributed by atoms with van der Waals surface area (Å²) in [6.45, 7) is 6.69. The number of rotatable bonds is 14. The quantitative estimate of drug-likeness (QED) is 0.131. The normalized spacial score (nSPS) is 28.7. The van der Waals surface area contributed by atoms with Gasteiger partial charge in [-0.25, -0.2) is 4.79 Å². The highest BCUT2D eigenvalue weighted by Crippen LogP contribution is 2.31. The van der Waals surface area contributed by atoms with E-state index in [9.17, 15) is 51.8 Å². The zero-order valence-corrected chi connectivity index (χ0v) is 34.8. The molecule has 334 valence electrons. The van der Waals surface area contributed by atoms with Crippen molar-refractivity contribution in [3.8, 4) is 0 Å². The molecule has 10 atom stereocenters. The van der Waals surface area contributed by atoms with Gasteiger partial charge in [0, 0.05) is 36.6 Å². The molecule has 0 aromatic heterocycles. The third-order valence-electron chi connectivity index (χ3n) is 12.1. The lowest BCUT2D eigenvalue weighted by molar-refractivity contribution is -0.167. The molecule has 0 aromatic carbocycles. The van der Waals surface area contributed by atoms with Crippen molar-refractivity contribution < 1.29 is 56.6 Å². The first-order chi connectivity index (χ1) is 27.7. The molecule has 0 aromatic rings. The fourth-order valence-corrected chi connectivity index (χ4v) is 9.12. The van der Waals surface area contributed by atoms with E-state index in [1.54, 1.807) is 27.7 Å². The Balaban J connectivity index is 1.32. The number of carbonyl (C=O) groups excluding carboxylic acids is 6. The van der Waals surface area contributed by atoms with Crippen LogP contribution in [-0.2, 0) is 33.5 Å². The van der Waals surface area contributed by atoms with Crippen molar-refractivity contribution in [2.24, 2.45) is 23.7 Å². The predicted molar refractivity (Wildman–Crippen MR) is 209 cm³/mol. The first kappa shape index (κ1) is 47.6. The van der Waals surface area contributed by atoms with Gasteiger partial charge >= 0.3 is 18.2 Å². The molecule has 4 aliphatic carbocycles. The second-order valence-corrected chi connectivity index (χ2v) is 18.0. The number of alkyl halides is 3. The minimum atomic E-state index is -4.96. The van der Waals surface area contributed by atoms with Crippen LogP contribution >= 0.6 is 0 Å². The molecule has 0 heterocycles. The molecule has 0 spiro atoms. The number of amides is 6. The summed E-state index contributed by atoms with van der Waals surface area (Å²) in [5, 5.41) is 25.5. The highest BCUT2D eigenvalue weighted by atomic mass is 19.4. The maximum absolute atomic E-state index is 14.3. The summed E-state index contributed by atoms with van der Waals surface area (Å²) in [4.78, 5) is 90.7. The minimum Gasteiger partial charge on any atom is -0.481 e. The standard InChI is InChI=1S/C41H65F3N6O9/c1-23(21-33(51)47-31-20-12-8-16-27(31)38(56)57)45-35(53)25-14-6-10-18-29(25)48-36(54)24-13-5-9-17-28(24)46-34(52)22-32(41(42,43)44)50-37(55)26-15-7-11-19-30(26)49-39(58)59-40(2,3)4/h23-32H,5-22H2,1-4H3,(H,45,53)(H,46,52)(H,47,51)(H,48,54)(H,49,58)(H,50,55)(H,56,57)/t23-,24-,25-,26-,27-,28-,29-,30-,31-,32+/m0/s1. The van der Waals surface area contributed by atoms with Crippen LogP contribution in [0.4, 0.5) is 18.0 Å². The predicted octanol–water partition coefficient (Wildman–Crippen LogP) is 4.51. The summed E-state index contributed by atoms with van der Waals surface area (Å²) >= 11 is 0. The Morgan fingerprint density at radius 1 is 0.559 bits per heavy atom. The molecule has 0 aliphatic heterocycles. The summed E-state index contributed by atoms with van der Waals surface area (Å²) in [6, 6.07) is -5.57. The molecule has 0 bridgehead atoms. The number of nitrogens with one attached hydrogen (secondary N) is 6. The smallest absolute Gasteiger partial charge is 0.409 e. The molecule has 59 heavy (non-hydrogen) atoms. The number of hydrogen-bond donors (Lipinski definition) is 7. The topological polar surface area (TPSA) is 221 Å². The second-order valence-electron chi connectivity index (χ2n) is 18.0. The zero-order chi connectivity index (χ0) is 43.5. The Kier molecular flexibility index (Phi) is 17.3. The highest BCUT2D eigenvalue weighted by molar-refractivity contribution is 5.86. The molecule has 0 unspecified atom stereocenters. The number of alkyl carbamates (subject to hydrolysis) is 1. The van der Waals surface area contributed by atoms with Gasteiger partial charge in [-0.05, 0) is 79.1 Å². The number of carboxylic acids is 1. The van der Waals surface area contributed by atoms with E-state index < -0.39 is 108 Å². The van der Waals surface area contributed by atoms with Crippen LogP contribution in [0.15, 0.2) is 0 Å². The molecule has 15 nitrogen and oxygen atoms in total. The van der Waals surface area contributed by atoms with Crippen LogP contribution in [-0.4, -0.2) is 94.7 Å². The van der Waals surface area contributed by atoms with Crippen LogP contribution in [0.1, 0.15) is 143 Å². The van der Waals surface area contributed by atoms with E-state index in [4.69, 9.17) is 4.74 Å². The van der Waals surface area contributed by atoms with Crippen LogP contribution < -0.4 is 31.9 Å². The maximum Gasteiger partial charge on any atom is 0.409 e. The van der Waals surface area contributed by atoms with Gasteiger partial charge in [0.1, 0.15) is 11.6 Å². The van der Waals surface area contributed by atoms with E-state index in [1.165, 1.54) is 0 Å². The SMILES string of the molecule is C[C@@H](CC(=O)N[C@H]1CCCC[C@@H]1C(=O)O)NC(=O)[C@H]1CCCC[C@@H]1NC(=O)[C@H]1CCCC[C@@H]1NC(=O)C[C@@H](NC(=O)[C@H]1CCCC[C@@H]1NC(=O)OC(C)(C)C)C(F)(F)F. The average Bonchev–Trinajstić information content (AvgIpc) is 3.14. The van der Waals surface area contributed by atoms with Gasteiger partial charge in [0.25, 0.3) is 0 Å². The van der Waals surface area contributed by atoms with Gasteiger partial charge in [0.2, 0.25) is 29.5 Å². The van der Waals surface area contributed by atoms with Gasteiger partial charge in [-0.2, -0.15) is 13.2 Å². The molecule has 7 N–H and O–H groups in total. The van der Waals surface area contributed by atoms with E-state index in [0.29, 0.717) is 70.6 Å². The monoisotopic (exact) mass is 842 g/mol. The van der Waals surface area contributed by atoms with E-state index in [-0.39, 0.29) is 24.7 Å². The van der Waals surface area contributed by atoms with Crippen LogP contribution in [0, 0.1) is 23.7 Å². The van der Waals surface area contributed by atoms with E-state index >= 15 is 0 Å². The van der Waals surface area contributed by atoms with Gasteiger partial charge < -0.3 is 41.7 Å². The highest BCUT2D eigenvalue weighted by Gasteiger charge is 2.45. The summed E-state index contributed by atoms with van der Waals surface area (Å²) in [5.74, 6) is -6.89. The number of aliphatic carboxylic acids is 1. The number of carbonyl (C=O) groups is 7. The van der Waals surface area contributed by atoms with Crippen molar-refractivity contribution in [2.45, 2.75) is 191 Å². The van der Waals surface area contributed by atoms with Crippen LogP contribution in [0.5, 0.6) is 0 Å². The lowest BCUT2D eigenvalue weighted by atomic mass is 9.81. The Bertz CT molecular complexity index is 1510. The Morgan fingerprint density at radius 2 is 0.949 bits per heavy atom. The Labute approximate surface area is 344 Å². The molecular formula is C41H65F3N6O9. The largest absolute Gasteiger partial charge is 0.481 e. The van der Waals surface area contributed by atoms with Crippen molar-refractivity contribution in [3.05, 3.63) is 0 Å². The molecular weight excluding hydrogens is 777 g/mol. The summed E-state index contributed by atoms with van der Waals surface area (Å²) < 4.78 is 48.2. The first-order valence-corrected chi connectivity index (χ1v) is 21.5. The Morgan fingerprint density at radius 3 is 1.42 bits per heavy atom. The Hall–Kier alpha value is -4.12. The minimum absolute atomic E-state index is 0.0486. The number of hydrogen-bond acceptors (Lipinski definition) is 8. The van der Waals surface area contributed by atoms with Gasteiger partial charge in [-0.3, -0.25) is 28.8 Å². The first-order valence-electron chi connectivity index (χ1n) is 21.5. The van der Waals surface area contributed by atoms with E-state index in [1.807, 2.05) is 5.32 Å². The van der Waals surface area contributed by atoms with Gasteiger partial charge in [0.15, 0.2) is 0 Å². The molecule has 4 aliphatic rings.